The lowest BCUT2D eigenvalue weighted by Crippen LogP contribution is -2.30. The molecular weight excluding hydrogens is 373 g/mol. The number of fused-ring (bicyclic) bond motifs is 3. The first-order valence-electron chi connectivity index (χ1n) is 10.1. The van der Waals surface area contributed by atoms with E-state index in [0.717, 1.165) is 44.3 Å². The number of furan rings is 1. The first kappa shape index (κ1) is 18.6. The zero-order valence-electron chi connectivity index (χ0n) is 17.6. The summed E-state index contributed by atoms with van der Waals surface area (Å²) in [5.74, 6) is -0.268. The molecule has 2 heterocycles. The molecule has 0 unspecified atom stereocenters. The van der Waals surface area contributed by atoms with E-state index in [4.69, 9.17) is 4.42 Å². The second kappa shape index (κ2) is 6.81. The van der Waals surface area contributed by atoms with Gasteiger partial charge >= 0.3 is 0 Å². The van der Waals surface area contributed by atoms with Crippen LogP contribution in [0.25, 0.3) is 44.3 Å². The Bertz CT molecular complexity index is 1450. The lowest BCUT2D eigenvalue weighted by Gasteiger charge is -2.07. The van der Waals surface area contributed by atoms with E-state index in [2.05, 4.69) is 48.9 Å². The Morgan fingerprint density at radius 1 is 0.767 bits per heavy atom. The average Bonchev–Trinajstić information content (AvgIpc) is 3.09. The van der Waals surface area contributed by atoms with Crippen LogP contribution in [0.4, 0.5) is 4.39 Å². The molecule has 0 bridgehead atoms. The topological polar surface area (TPSA) is 17.0 Å². The molecule has 0 radical (unpaired) electrons. The molecule has 2 nitrogen and oxygen atoms in total. The van der Waals surface area contributed by atoms with Gasteiger partial charge in [-0.05, 0) is 55.2 Å². The first-order valence-corrected chi connectivity index (χ1v) is 10.1. The van der Waals surface area contributed by atoms with Crippen LogP contribution in [0.3, 0.4) is 0 Å². The van der Waals surface area contributed by atoms with Crippen LogP contribution >= 0.6 is 0 Å². The fraction of sp³-hybridized carbons (Fsp3) is 0.148. The van der Waals surface area contributed by atoms with Crippen molar-refractivity contribution in [2.45, 2.75) is 20.8 Å². The van der Waals surface area contributed by atoms with Crippen LogP contribution in [0, 0.1) is 26.6 Å². The summed E-state index contributed by atoms with van der Waals surface area (Å²) in [6.07, 6.45) is 2.06. The molecular formula is C27H23FNO+. The number of hydrogen-bond acceptors (Lipinski definition) is 1. The van der Waals surface area contributed by atoms with E-state index in [1.165, 1.54) is 5.56 Å². The number of aryl methyl sites for hydroxylation is 4. The molecule has 148 valence electrons. The van der Waals surface area contributed by atoms with E-state index in [-0.39, 0.29) is 5.82 Å². The van der Waals surface area contributed by atoms with Crippen molar-refractivity contribution in [1.82, 2.24) is 0 Å². The Hall–Kier alpha value is -3.46. The molecule has 30 heavy (non-hydrogen) atoms. The van der Waals surface area contributed by atoms with Gasteiger partial charge in [-0.1, -0.05) is 36.4 Å². The average molecular weight is 396 g/mol. The van der Waals surface area contributed by atoms with Gasteiger partial charge in [-0.2, -0.15) is 0 Å². The fourth-order valence-electron chi connectivity index (χ4n) is 4.32. The van der Waals surface area contributed by atoms with E-state index in [1.54, 1.807) is 6.07 Å². The molecule has 0 saturated heterocycles. The smallest absolute Gasteiger partial charge is 0.216 e. The Labute approximate surface area is 175 Å². The minimum absolute atomic E-state index is 0.268. The number of halogens is 1. The van der Waals surface area contributed by atoms with Crippen LogP contribution in [0.5, 0.6) is 0 Å². The standard InChI is InChI=1S/C27H23FNO/c1-16-13-14-29(4)23(15-16)24-18(3)9-10-20-21-11-12-22(28)25(27(21)30-26(20)24)19-8-6-5-7-17(19)2/h5-15H,1-4H3/q+1. The second-order valence-electron chi connectivity index (χ2n) is 8.05. The molecule has 0 spiro atoms. The van der Waals surface area contributed by atoms with Crippen LogP contribution in [0.15, 0.2) is 71.3 Å². The number of rotatable bonds is 2. The van der Waals surface area contributed by atoms with Crippen molar-refractivity contribution in [2.75, 3.05) is 0 Å². The van der Waals surface area contributed by atoms with Crippen LogP contribution in [0.2, 0.25) is 0 Å². The molecule has 0 aliphatic heterocycles. The molecule has 5 rings (SSSR count). The minimum atomic E-state index is -0.268. The number of nitrogens with zero attached hydrogens (tertiary/aromatic N) is 1. The molecule has 0 fully saturated rings. The van der Waals surface area contributed by atoms with Gasteiger partial charge in [0.25, 0.3) is 0 Å². The second-order valence-corrected chi connectivity index (χ2v) is 8.05. The van der Waals surface area contributed by atoms with Crippen molar-refractivity contribution < 1.29 is 13.4 Å². The quantitative estimate of drug-likeness (QED) is 0.300. The number of aromatic nitrogens is 1. The molecule has 0 atom stereocenters. The normalized spacial score (nSPS) is 11.5. The lowest BCUT2D eigenvalue weighted by molar-refractivity contribution is -0.660. The van der Waals surface area contributed by atoms with Crippen LogP contribution < -0.4 is 4.57 Å². The number of benzene rings is 3. The van der Waals surface area contributed by atoms with E-state index in [1.807, 2.05) is 44.3 Å². The van der Waals surface area contributed by atoms with Crippen LogP contribution in [-0.4, -0.2) is 0 Å². The molecule has 2 aromatic heterocycles. The van der Waals surface area contributed by atoms with E-state index < -0.39 is 0 Å². The van der Waals surface area contributed by atoms with E-state index in [9.17, 15) is 0 Å². The predicted molar refractivity (Wildman–Crippen MR) is 120 cm³/mol. The van der Waals surface area contributed by atoms with Crippen molar-refractivity contribution in [3.05, 3.63) is 89.4 Å². The molecule has 0 aliphatic carbocycles. The highest BCUT2D eigenvalue weighted by Gasteiger charge is 2.23. The summed E-state index contributed by atoms with van der Waals surface area (Å²) in [4.78, 5) is 0. The van der Waals surface area contributed by atoms with Gasteiger partial charge in [-0.25, -0.2) is 8.96 Å². The Balaban J connectivity index is 1.92. The van der Waals surface area contributed by atoms with Gasteiger partial charge in [0.1, 0.15) is 24.0 Å². The van der Waals surface area contributed by atoms with E-state index >= 15 is 4.39 Å². The number of pyridine rings is 1. The summed E-state index contributed by atoms with van der Waals surface area (Å²) in [6, 6.07) is 19.7. The molecule has 5 aromatic rings. The summed E-state index contributed by atoms with van der Waals surface area (Å²) in [5.41, 5.74) is 8.24. The first-order chi connectivity index (χ1) is 14.5. The van der Waals surface area contributed by atoms with Crippen LogP contribution in [0.1, 0.15) is 16.7 Å². The third kappa shape index (κ3) is 2.73. The third-order valence-corrected chi connectivity index (χ3v) is 5.94. The number of hydrogen-bond donors (Lipinski definition) is 0. The Morgan fingerprint density at radius 3 is 2.23 bits per heavy atom. The fourth-order valence-corrected chi connectivity index (χ4v) is 4.32. The zero-order valence-corrected chi connectivity index (χ0v) is 17.6. The Kier molecular flexibility index (Phi) is 4.21. The zero-order chi connectivity index (χ0) is 21.0. The molecule has 0 N–H and O–H groups in total. The van der Waals surface area contributed by atoms with Gasteiger partial charge in [0.2, 0.25) is 5.69 Å². The monoisotopic (exact) mass is 396 g/mol. The van der Waals surface area contributed by atoms with Crippen molar-refractivity contribution in [1.29, 1.82) is 0 Å². The largest absolute Gasteiger partial charge is 0.454 e. The summed E-state index contributed by atoms with van der Waals surface area (Å²) in [5, 5.41) is 1.93. The van der Waals surface area contributed by atoms with Gasteiger partial charge in [-0.3, -0.25) is 0 Å². The van der Waals surface area contributed by atoms with Crippen LogP contribution in [-0.2, 0) is 7.05 Å². The molecule has 3 aromatic carbocycles. The van der Waals surface area contributed by atoms with Gasteiger partial charge in [0.05, 0.1) is 11.1 Å². The molecule has 3 heteroatoms. The van der Waals surface area contributed by atoms with Crippen molar-refractivity contribution in [3.8, 4) is 22.4 Å². The highest BCUT2D eigenvalue weighted by Crippen LogP contribution is 2.42. The summed E-state index contributed by atoms with van der Waals surface area (Å²) >= 11 is 0. The summed E-state index contributed by atoms with van der Waals surface area (Å²) < 4.78 is 23.7. The highest BCUT2D eigenvalue weighted by atomic mass is 19.1. The van der Waals surface area contributed by atoms with Crippen molar-refractivity contribution in [3.63, 3.8) is 0 Å². The Morgan fingerprint density at radius 2 is 1.47 bits per heavy atom. The summed E-state index contributed by atoms with van der Waals surface area (Å²) in [7, 11) is 2.04. The maximum Gasteiger partial charge on any atom is 0.216 e. The third-order valence-electron chi connectivity index (χ3n) is 5.94. The van der Waals surface area contributed by atoms with Gasteiger partial charge in [-0.15, -0.1) is 0 Å². The maximum absolute atomic E-state index is 15.1. The molecule has 0 aliphatic rings. The van der Waals surface area contributed by atoms with Gasteiger partial charge < -0.3 is 4.42 Å². The van der Waals surface area contributed by atoms with Gasteiger partial charge in [0.15, 0.2) is 6.20 Å². The summed E-state index contributed by atoms with van der Waals surface area (Å²) in [6.45, 7) is 6.18. The molecule has 0 amide bonds. The minimum Gasteiger partial charge on any atom is -0.454 e. The van der Waals surface area contributed by atoms with Crippen molar-refractivity contribution in [2.24, 2.45) is 7.05 Å². The van der Waals surface area contributed by atoms with Gasteiger partial charge in [0, 0.05) is 22.9 Å². The van der Waals surface area contributed by atoms with Crippen molar-refractivity contribution >= 4 is 21.9 Å². The SMILES string of the molecule is Cc1cc[n+](C)c(-c2c(C)ccc3c2oc2c(-c4ccccc4C)c(F)ccc23)c1. The lowest BCUT2D eigenvalue weighted by atomic mass is 9.96. The maximum atomic E-state index is 15.1. The van der Waals surface area contributed by atoms with E-state index in [0.29, 0.717) is 11.1 Å². The predicted octanol–water partition coefficient (Wildman–Crippen LogP) is 6.81. The highest BCUT2D eigenvalue weighted by molar-refractivity contribution is 6.13. The molecule has 0 saturated carbocycles.